The normalized spacial score (nSPS) is 9.09. The third-order valence-corrected chi connectivity index (χ3v) is 3.48. The molecule has 0 spiro atoms. The van der Waals surface area contributed by atoms with Crippen LogP contribution in [0, 0.1) is 0 Å². The first kappa shape index (κ1) is 28.9. The Bertz CT molecular complexity index is 808. The van der Waals surface area contributed by atoms with E-state index >= 15 is 0 Å². The Morgan fingerprint density at radius 2 is 0.727 bits per heavy atom. The minimum absolute atomic E-state index is 0.331. The molecular weight excluding hydrogens is 432 g/mol. The molecule has 0 amide bonds. The van der Waals surface area contributed by atoms with Crippen LogP contribution in [0.25, 0.3) is 0 Å². The molecule has 176 valence electrons. The molecular formula is C24H26O9. The van der Waals surface area contributed by atoms with E-state index in [1.807, 2.05) is 0 Å². The van der Waals surface area contributed by atoms with Crippen LogP contribution in [0.3, 0.4) is 0 Å². The van der Waals surface area contributed by atoms with E-state index in [2.05, 4.69) is 0 Å². The number of benzene rings is 3. The predicted octanol–water partition coefficient (Wildman–Crippen LogP) is 2.49. The van der Waals surface area contributed by atoms with Crippen LogP contribution in [0.1, 0.15) is 31.1 Å². The van der Waals surface area contributed by atoms with E-state index in [4.69, 9.17) is 30.6 Å². The Morgan fingerprint density at radius 1 is 0.515 bits per heavy atom. The summed E-state index contributed by atoms with van der Waals surface area (Å²) < 4.78 is 0. The van der Waals surface area contributed by atoms with Gasteiger partial charge in [0.15, 0.2) is 0 Å². The lowest BCUT2D eigenvalue weighted by Gasteiger charge is -1.96. The second-order valence-corrected chi connectivity index (χ2v) is 6.03. The topological polar surface area (TPSA) is 173 Å². The summed E-state index contributed by atoms with van der Waals surface area (Å²) in [4.78, 5) is 30.6. The number of aliphatic hydroxyl groups excluding tert-OH is 3. The summed E-state index contributed by atoms with van der Waals surface area (Å²) in [5.41, 5.74) is 0.993. The number of carboxylic acids is 3. The fourth-order valence-electron chi connectivity index (χ4n) is 1.80. The zero-order valence-corrected chi connectivity index (χ0v) is 17.6. The summed E-state index contributed by atoms with van der Waals surface area (Å²) in [5.74, 6) is -2.64. The van der Waals surface area contributed by atoms with Crippen LogP contribution in [0.2, 0.25) is 0 Å². The lowest BCUT2D eigenvalue weighted by Crippen LogP contribution is -2.15. The maximum Gasteiger partial charge on any atom is 0.335 e. The molecule has 0 aliphatic rings. The van der Waals surface area contributed by atoms with Crippen LogP contribution in [0.15, 0.2) is 91.0 Å². The van der Waals surface area contributed by atoms with Gasteiger partial charge in [-0.25, -0.2) is 14.4 Å². The molecule has 6 N–H and O–H groups in total. The summed E-state index contributed by atoms with van der Waals surface area (Å²) in [6.45, 7) is -0.729. The van der Waals surface area contributed by atoms with Crippen LogP contribution in [-0.2, 0) is 0 Å². The molecule has 3 rings (SSSR count). The van der Waals surface area contributed by atoms with E-state index < -0.39 is 24.0 Å². The molecule has 9 heteroatoms. The van der Waals surface area contributed by atoms with E-state index in [0.717, 1.165) is 0 Å². The largest absolute Gasteiger partial charge is 0.478 e. The zero-order chi connectivity index (χ0) is 25.1. The van der Waals surface area contributed by atoms with Gasteiger partial charge in [-0.05, 0) is 36.4 Å². The predicted molar refractivity (Wildman–Crippen MR) is 120 cm³/mol. The molecule has 0 heterocycles. The van der Waals surface area contributed by atoms with Crippen LogP contribution >= 0.6 is 0 Å². The maximum atomic E-state index is 10.2. The number of rotatable bonds is 5. The molecule has 0 aliphatic heterocycles. The van der Waals surface area contributed by atoms with E-state index in [1.165, 1.54) is 0 Å². The molecule has 0 aliphatic carbocycles. The first-order valence-electron chi connectivity index (χ1n) is 9.47. The van der Waals surface area contributed by atoms with Gasteiger partial charge in [-0.3, -0.25) is 0 Å². The fraction of sp³-hybridized carbons (Fsp3) is 0.125. The van der Waals surface area contributed by atoms with E-state index in [-0.39, 0.29) is 13.2 Å². The van der Waals surface area contributed by atoms with Crippen molar-refractivity contribution in [1.82, 2.24) is 0 Å². The highest BCUT2D eigenvalue weighted by molar-refractivity contribution is 5.88. The maximum absolute atomic E-state index is 10.2. The fourth-order valence-corrected chi connectivity index (χ4v) is 1.80. The van der Waals surface area contributed by atoms with Gasteiger partial charge in [0.2, 0.25) is 0 Å². The minimum Gasteiger partial charge on any atom is -0.478 e. The van der Waals surface area contributed by atoms with Crippen LogP contribution in [0.5, 0.6) is 0 Å². The van der Waals surface area contributed by atoms with Gasteiger partial charge in [-0.1, -0.05) is 54.6 Å². The second kappa shape index (κ2) is 17.6. The van der Waals surface area contributed by atoms with Gasteiger partial charge >= 0.3 is 17.9 Å². The van der Waals surface area contributed by atoms with E-state index in [9.17, 15) is 14.4 Å². The average Bonchev–Trinajstić information content (AvgIpc) is 2.86. The number of aliphatic hydroxyl groups is 3. The molecule has 0 radical (unpaired) electrons. The molecule has 0 unspecified atom stereocenters. The number of carboxylic acid groups (broad SMARTS) is 3. The van der Waals surface area contributed by atoms with Gasteiger partial charge in [0, 0.05) is 0 Å². The van der Waals surface area contributed by atoms with Crippen LogP contribution < -0.4 is 0 Å². The number of carbonyl (C=O) groups is 3. The second-order valence-electron chi connectivity index (χ2n) is 6.03. The Labute approximate surface area is 190 Å². The number of aromatic carboxylic acids is 3. The molecule has 0 bridgehead atoms. The molecule has 3 aromatic rings. The van der Waals surface area contributed by atoms with Gasteiger partial charge < -0.3 is 30.6 Å². The number of hydrogen-bond donors (Lipinski definition) is 6. The molecule has 0 saturated heterocycles. The Kier molecular flexibility index (Phi) is 15.5. The monoisotopic (exact) mass is 458 g/mol. The molecule has 0 aromatic heterocycles. The molecule has 0 atom stereocenters. The number of hydrogen-bond acceptors (Lipinski definition) is 6. The summed E-state index contributed by atoms with van der Waals surface area (Å²) in [5, 5.41) is 49.2. The summed E-state index contributed by atoms with van der Waals surface area (Å²) >= 11 is 0. The highest BCUT2D eigenvalue weighted by Crippen LogP contribution is 1.97. The highest BCUT2D eigenvalue weighted by Gasteiger charge is 1.98. The van der Waals surface area contributed by atoms with Crippen molar-refractivity contribution in [2.75, 3.05) is 13.2 Å². The quantitative estimate of drug-likeness (QED) is 0.336. The minimum atomic E-state index is -0.954. The standard InChI is InChI=1S/3C7H6O2.C3H8O3/c3*8-7(9)6-4-2-1-3-5-6;4-1-3(6)2-5/h3*1-5H,(H,8,9);3-6H,1-2H2. The Morgan fingerprint density at radius 3 is 0.818 bits per heavy atom. The van der Waals surface area contributed by atoms with Gasteiger partial charge in [-0.2, -0.15) is 0 Å². The average molecular weight is 458 g/mol. The van der Waals surface area contributed by atoms with Crippen molar-refractivity contribution >= 4 is 17.9 Å². The van der Waals surface area contributed by atoms with Crippen molar-refractivity contribution in [3.63, 3.8) is 0 Å². The van der Waals surface area contributed by atoms with Crippen molar-refractivity contribution < 1.29 is 45.0 Å². The SMILES string of the molecule is O=C(O)c1ccccc1.O=C(O)c1ccccc1.O=C(O)c1ccccc1.OCC(O)CO. The molecule has 0 saturated carbocycles. The highest BCUT2D eigenvalue weighted by atomic mass is 16.4. The van der Waals surface area contributed by atoms with Gasteiger partial charge in [0.05, 0.1) is 29.9 Å². The van der Waals surface area contributed by atoms with Crippen molar-refractivity contribution in [3.8, 4) is 0 Å². The summed E-state index contributed by atoms with van der Waals surface area (Å²) in [6, 6.07) is 24.9. The lowest BCUT2D eigenvalue weighted by atomic mass is 10.2. The zero-order valence-electron chi connectivity index (χ0n) is 17.6. The molecule has 3 aromatic carbocycles. The van der Waals surface area contributed by atoms with E-state index in [0.29, 0.717) is 16.7 Å². The van der Waals surface area contributed by atoms with Gasteiger partial charge in [-0.15, -0.1) is 0 Å². The molecule has 9 nitrogen and oxygen atoms in total. The van der Waals surface area contributed by atoms with Crippen molar-refractivity contribution in [2.24, 2.45) is 0 Å². The van der Waals surface area contributed by atoms with Crippen molar-refractivity contribution in [2.45, 2.75) is 6.10 Å². The molecule has 0 fully saturated rings. The van der Waals surface area contributed by atoms with Crippen molar-refractivity contribution in [1.29, 1.82) is 0 Å². The van der Waals surface area contributed by atoms with Gasteiger partial charge in [0.25, 0.3) is 0 Å². The smallest absolute Gasteiger partial charge is 0.335 e. The Hall–Kier alpha value is -4.05. The van der Waals surface area contributed by atoms with E-state index in [1.54, 1.807) is 91.0 Å². The third-order valence-electron chi connectivity index (χ3n) is 3.48. The van der Waals surface area contributed by atoms with Crippen LogP contribution in [-0.4, -0.2) is 67.9 Å². The summed E-state index contributed by atoms with van der Waals surface area (Å²) in [6.07, 6.45) is -0.954. The summed E-state index contributed by atoms with van der Waals surface area (Å²) in [7, 11) is 0. The van der Waals surface area contributed by atoms with Gasteiger partial charge in [0.1, 0.15) is 6.10 Å². The molecule has 33 heavy (non-hydrogen) atoms. The first-order valence-corrected chi connectivity index (χ1v) is 9.47. The first-order chi connectivity index (χ1) is 15.7. The third kappa shape index (κ3) is 14.6. The lowest BCUT2D eigenvalue weighted by molar-refractivity contribution is 0.0450. The Balaban J connectivity index is 0.000000419. The van der Waals surface area contributed by atoms with Crippen molar-refractivity contribution in [3.05, 3.63) is 108 Å². The van der Waals surface area contributed by atoms with Crippen LogP contribution in [0.4, 0.5) is 0 Å².